The summed E-state index contributed by atoms with van der Waals surface area (Å²) in [6, 6.07) is 15.2. The second-order valence-corrected chi connectivity index (χ2v) is 9.45. The number of carbonyl (C=O) groups excluding carboxylic acids is 3. The Morgan fingerprint density at radius 1 is 1.17 bits per heavy atom. The number of nitrogens with one attached hydrogen (secondary N) is 3. The Kier molecular flexibility index (Phi) is 5.00. The van der Waals surface area contributed by atoms with Gasteiger partial charge in [0.1, 0.15) is 5.60 Å². The zero-order chi connectivity index (χ0) is 24.2. The molecule has 0 unspecified atom stereocenters. The van der Waals surface area contributed by atoms with E-state index in [9.17, 15) is 14.4 Å². The predicted molar refractivity (Wildman–Crippen MR) is 132 cm³/mol. The van der Waals surface area contributed by atoms with Crippen LogP contribution in [0, 0.1) is 11.8 Å². The van der Waals surface area contributed by atoms with Gasteiger partial charge in [0.25, 0.3) is 0 Å². The molecule has 35 heavy (non-hydrogen) atoms. The van der Waals surface area contributed by atoms with Gasteiger partial charge >= 0.3 is 0 Å². The van der Waals surface area contributed by atoms with Crippen LogP contribution in [0.4, 0.5) is 11.4 Å². The van der Waals surface area contributed by atoms with Gasteiger partial charge in [-0.15, -0.1) is 0 Å². The van der Waals surface area contributed by atoms with Gasteiger partial charge in [0.05, 0.1) is 24.5 Å². The van der Waals surface area contributed by atoms with Gasteiger partial charge in [0, 0.05) is 41.9 Å². The van der Waals surface area contributed by atoms with Crippen molar-refractivity contribution in [2.75, 3.05) is 23.3 Å². The second kappa shape index (κ2) is 8.09. The minimum atomic E-state index is -0.781. The number of hydrogen-bond donors (Lipinski definition) is 3. The number of anilines is 2. The van der Waals surface area contributed by atoms with E-state index in [-0.39, 0.29) is 23.8 Å². The third-order valence-electron chi connectivity index (χ3n) is 7.27. The van der Waals surface area contributed by atoms with Crippen molar-refractivity contribution in [3.05, 3.63) is 72.4 Å². The standard InChI is InChI=1S/C27H26N4O4/c1-16(32)30-18-6-8-19(9-7-18)31-15-27-12-10-22(35-27)23(24(27)26(31)34)25(33)28-13-11-17-14-29-21-5-3-2-4-20(17)21/h2-10,12,14,22-24,29H,11,13,15H2,1H3,(H,28,33)(H,30,32)/t22-,23-,24-,27+/m1/s1. The molecule has 4 heterocycles. The van der Waals surface area contributed by atoms with Crippen molar-refractivity contribution < 1.29 is 19.1 Å². The summed E-state index contributed by atoms with van der Waals surface area (Å²) in [4.78, 5) is 43.0. The number of fused-ring (bicyclic) bond motifs is 2. The van der Waals surface area contributed by atoms with Crippen LogP contribution in [0.15, 0.2) is 66.9 Å². The third-order valence-corrected chi connectivity index (χ3v) is 7.27. The molecule has 3 amide bonds. The van der Waals surface area contributed by atoms with Gasteiger partial charge in [-0.05, 0) is 42.3 Å². The minimum absolute atomic E-state index is 0.110. The van der Waals surface area contributed by atoms with Gasteiger partial charge in [-0.2, -0.15) is 0 Å². The number of hydrogen-bond acceptors (Lipinski definition) is 4. The van der Waals surface area contributed by atoms with Crippen LogP contribution < -0.4 is 15.5 Å². The largest absolute Gasteiger partial charge is 0.361 e. The molecule has 3 aliphatic rings. The monoisotopic (exact) mass is 470 g/mol. The van der Waals surface area contributed by atoms with Gasteiger partial charge in [0.2, 0.25) is 17.7 Å². The summed E-state index contributed by atoms with van der Waals surface area (Å²) in [5, 5.41) is 6.92. The molecule has 2 saturated heterocycles. The maximum atomic E-state index is 13.5. The van der Waals surface area contributed by atoms with Crippen molar-refractivity contribution in [1.29, 1.82) is 0 Å². The molecule has 0 aliphatic carbocycles. The van der Waals surface area contributed by atoms with Crippen LogP contribution in [0.2, 0.25) is 0 Å². The lowest BCUT2D eigenvalue weighted by Crippen LogP contribution is -2.44. The molecule has 2 bridgehead atoms. The van der Waals surface area contributed by atoms with Gasteiger partial charge in [-0.1, -0.05) is 30.4 Å². The van der Waals surface area contributed by atoms with Gasteiger partial charge in [-0.3, -0.25) is 14.4 Å². The molecule has 8 heteroatoms. The highest BCUT2D eigenvalue weighted by Crippen LogP contribution is 2.52. The van der Waals surface area contributed by atoms with E-state index in [0.717, 1.165) is 16.5 Å². The number of benzene rings is 2. The highest BCUT2D eigenvalue weighted by Gasteiger charge is 2.67. The summed E-state index contributed by atoms with van der Waals surface area (Å²) in [7, 11) is 0. The molecule has 8 nitrogen and oxygen atoms in total. The van der Waals surface area contributed by atoms with E-state index in [0.29, 0.717) is 30.9 Å². The van der Waals surface area contributed by atoms with E-state index in [1.54, 1.807) is 29.2 Å². The third kappa shape index (κ3) is 3.52. The Labute approximate surface area is 202 Å². The molecule has 178 valence electrons. The Hall–Kier alpha value is -3.91. The summed E-state index contributed by atoms with van der Waals surface area (Å²) in [6.07, 6.45) is 6.14. The lowest BCUT2D eigenvalue weighted by Gasteiger charge is -2.23. The molecule has 1 aromatic heterocycles. The first-order valence-electron chi connectivity index (χ1n) is 11.8. The molecular formula is C27H26N4O4. The molecule has 3 aliphatic heterocycles. The van der Waals surface area contributed by atoms with Gasteiger partial charge in [-0.25, -0.2) is 0 Å². The number of amides is 3. The zero-order valence-electron chi connectivity index (χ0n) is 19.3. The lowest BCUT2D eigenvalue weighted by molar-refractivity contribution is -0.131. The van der Waals surface area contributed by atoms with E-state index in [1.165, 1.54) is 6.92 Å². The molecule has 6 rings (SSSR count). The zero-order valence-corrected chi connectivity index (χ0v) is 19.3. The van der Waals surface area contributed by atoms with Crippen LogP contribution in [-0.4, -0.2) is 47.5 Å². The molecule has 2 aromatic carbocycles. The number of H-pyrrole nitrogens is 1. The smallest absolute Gasteiger partial charge is 0.234 e. The van der Waals surface area contributed by atoms with Crippen molar-refractivity contribution in [3.8, 4) is 0 Å². The highest BCUT2D eigenvalue weighted by atomic mass is 16.5. The minimum Gasteiger partial charge on any atom is -0.361 e. The number of nitrogens with zero attached hydrogens (tertiary/aromatic N) is 1. The Bertz CT molecular complexity index is 1360. The lowest BCUT2D eigenvalue weighted by atomic mass is 9.77. The quantitative estimate of drug-likeness (QED) is 0.482. The molecule has 0 radical (unpaired) electrons. The number of aromatic nitrogens is 1. The van der Waals surface area contributed by atoms with Crippen molar-refractivity contribution in [2.24, 2.45) is 11.8 Å². The molecule has 4 atom stereocenters. The van der Waals surface area contributed by atoms with E-state index in [2.05, 4.69) is 21.7 Å². The topological polar surface area (TPSA) is 104 Å². The Morgan fingerprint density at radius 3 is 2.77 bits per heavy atom. The first kappa shape index (κ1) is 21.6. The van der Waals surface area contributed by atoms with Crippen LogP contribution in [-0.2, 0) is 25.5 Å². The van der Waals surface area contributed by atoms with Crippen molar-refractivity contribution in [3.63, 3.8) is 0 Å². The average Bonchev–Trinajstić information content (AvgIpc) is 3.59. The fraction of sp³-hybridized carbons (Fsp3) is 0.296. The van der Waals surface area contributed by atoms with Crippen LogP contribution in [0.5, 0.6) is 0 Å². The predicted octanol–water partition coefficient (Wildman–Crippen LogP) is 2.77. The number of aromatic amines is 1. The van der Waals surface area contributed by atoms with Crippen LogP contribution in [0.3, 0.4) is 0 Å². The molecule has 1 spiro atoms. The van der Waals surface area contributed by atoms with Gasteiger partial charge in [0.15, 0.2) is 0 Å². The average molecular weight is 471 g/mol. The highest BCUT2D eigenvalue weighted by molar-refractivity contribution is 6.03. The first-order valence-corrected chi connectivity index (χ1v) is 11.8. The molecule has 3 aromatic rings. The summed E-state index contributed by atoms with van der Waals surface area (Å²) in [5.74, 6) is -1.53. The van der Waals surface area contributed by atoms with Crippen LogP contribution >= 0.6 is 0 Å². The SMILES string of the molecule is CC(=O)Nc1ccc(N2C[C@]34C=C[C@@H](O3)[C@@H](C(=O)NCCc3c[nH]c5ccccc35)[C@@H]4C2=O)cc1. The van der Waals surface area contributed by atoms with Crippen LogP contribution in [0.25, 0.3) is 10.9 Å². The summed E-state index contributed by atoms with van der Waals surface area (Å²) in [6.45, 7) is 2.29. The number of ether oxygens (including phenoxy) is 1. The second-order valence-electron chi connectivity index (χ2n) is 9.45. The summed E-state index contributed by atoms with van der Waals surface area (Å²) in [5.41, 5.74) is 2.82. The summed E-state index contributed by atoms with van der Waals surface area (Å²) < 4.78 is 6.23. The van der Waals surface area contributed by atoms with E-state index >= 15 is 0 Å². The number of para-hydroxylation sites is 1. The molecular weight excluding hydrogens is 444 g/mol. The maximum absolute atomic E-state index is 13.5. The van der Waals surface area contributed by atoms with Crippen molar-refractivity contribution >= 4 is 40.0 Å². The summed E-state index contributed by atoms with van der Waals surface area (Å²) >= 11 is 0. The van der Waals surface area contributed by atoms with Crippen molar-refractivity contribution in [2.45, 2.75) is 25.0 Å². The van der Waals surface area contributed by atoms with Gasteiger partial charge < -0.3 is 25.3 Å². The molecule has 0 saturated carbocycles. The fourth-order valence-corrected chi connectivity index (χ4v) is 5.72. The number of carbonyl (C=O) groups is 3. The fourth-order valence-electron chi connectivity index (χ4n) is 5.72. The maximum Gasteiger partial charge on any atom is 0.234 e. The Morgan fingerprint density at radius 2 is 1.97 bits per heavy atom. The Balaban J connectivity index is 1.16. The molecule has 3 N–H and O–H groups in total. The van der Waals surface area contributed by atoms with E-state index < -0.39 is 17.4 Å². The normalized spacial score (nSPS) is 26.4. The number of rotatable bonds is 6. The first-order chi connectivity index (χ1) is 16.9. The van der Waals surface area contributed by atoms with Crippen molar-refractivity contribution in [1.82, 2.24) is 10.3 Å². The molecule has 2 fully saturated rings. The van der Waals surface area contributed by atoms with Crippen LogP contribution in [0.1, 0.15) is 12.5 Å². The van der Waals surface area contributed by atoms with E-state index in [4.69, 9.17) is 4.74 Å². The van der Waals surface area contributed by atoms with E-state index in [1.807, 2.05) is 36.5 Å².